The number of hydrogen-bond acceptors (Lipinski definition) is 4. The first kappa shape index (κ1) is 18.1. The molecule has 1 atom stereocenters. The van der Waals surface area contributed by atoms with E-state index in [1.165, 1.54) is 18.7 Å². The summed E-state index contributed by atoms with van der Waals surface area (Å²) in [5.74, 6) is 0.0151. The van der Waals surface area contributed by atoms with Gasteiger partial charge in [-0.15, -0.1) is 0 Å². The Hall–Kier alpha value is -2.66. The molecule has 4 nitrogen and oxygen atoms in total. The Balaban J connectivity index is 1.58. The van der Waals surface area contributed by atoms with E-state index in [4.69, 9.17) is 0 Å². The average molecular weight is 364 g/mol. The molecule has 26 heavy (non-hydrogen) atoms. The molecule has 0 radical (unpaired) electrons. The number of carbonyl (C=O) groups excluding carboxylic acids is 2. The van der Waals surface area contributed by atoms with Gasteiger partial charge in [0.1, 0.15) is 0 Å². The lowest BCUT2D eigenvalue weighted by molar-refractivity contribution is -0.125. The molecule has 0 aliphatic heterocycles. The standard InChI is InChI=1S/C21H20N2O2S/c1-15(24)19(13-16-7-3-2-4-8-16)22-20(25)14-26-21-12-11-17-9-5-6-10-18(17)23-21/h2-12,19H,13-14H2,1H3,(H,22,25)/t19-/m1/s1. The fraction of sp³-hybridized carbons (Fsp3) is 0.190. The SMILES string of the molecule is CC(=O)[C@@H](Cc1ccccc1)NC(=O)CSc1ccc2ccccc2n1. The highest BCUT2D eigenvalue weighted by Gasteiger charge is 2.17. The van der Waals surface area contributed by atoms with E-state index in [-0.39, 0.29) is 17.4 Å². The Kier molecular flexibility index (Phi) is 6.02. The maximum atomic E-state index is 12.3. The van der Waals surface area contributed by atoms with Crippen LogP contribution in [0.15, 0.2) is 71.8 Å². The minimum absolute atomic E-state index is 0.0453. The zero-order valence-corrected chi connectivity index (χ0v) is 15.3. The van der Waals surface area contributed by atoms with Crippen molar-refractivity contribution in [2.75, 3.05) is 5.75 Å². The molecule has 0 bridgehead atoms. The van der Waals surface area contributed by atoms with Crippen LogP contribution in [0, 0.1) is 0 Å². The Bertz CT molecular complexity index is 912. The number of rotatable bonds is 7. The van der Waals surface area contributed by atoms with Gasteiger partial charge in [-0.05, 0) is 31.0 Å². The molecule has 0 fully saturated rings. The predicted octanol–water partition coefficient (Wildman–Crippen LogP) is 3.64. The van der Waals surface area contributed by atoms with Crippen molar-refractivity contribution >= 4 is 34.4 Å². The molecule has 2 aromatic carbocycles. The van der Waals surface area contributed by atoms with Crippen LogP contribution in [-0.2, 0) is 16.0 Å². The Morgan fingerprint density at radius 1 is 1.00 bits per heavy atom. The summed E-state index contributed by atoms with van der Waals surface area (Å²) in [5, 5.41) is 4.70. The quantitative estimate of drug-likeness (QED) is 0.650. The first-order valence-electron chi connectivity index (χ1n) is 8.44. The predicted molar refractivity (Wildman–Crippen MR) is 105 cm³/mol. The summed E-state index contributed by atoms with van der Waals surface area (Å²) in [4.78, 5) is 28.7. The van der Waals surface area contributed by atoms with Crippen LogP contribution >= 0.6 is 11.8 Å². The van der Waals surface area contributed by atoms with Crippen molar-refractivity contribution in [3.05, 3.63) is 72.3 Å². The molecule has 1 aromatic heterocycles. The summed E-state index contributed by atoms with van der Waals surface area (Å²) in [6, 6.07) is 21.0. The lowest BCUT2D eigenvalue weighted by Crippen LogP contribution is -2.42. The van der Waals surface area contributed by atoms with E-state index in [1.54, 1.807) is 0 Å². The zero-order chi connectivity index (χ0) is 18.4. The fourth-order valence-electron chi connectivity index (χ4n) is 2.65. The van der Waals surface area contributed by atoms with E-state index in [0.717, 1.165) is 21.5 Å². The zero-order valence-electron chi connectivity index (χ0n) is 14.5. The van der Waals surface area contributed by atoms with Crippen molar-refractivity contribution in [1.29, 1.82) is 0 Å². The monoisotopic (exact) mass is 364 g/mol. The van der Waals surface area contributed by atoms with Crippen LogP contribution in [0.5, 0.6) is 0 Å². The summed E-state index contributed by atoms with van der Waals surface area (Å²) in [6.07, 6.45) is 0.501. The topological polar surface area (TPSA) is 59.1 Å². The smallest absolute Gasteiger partial charge is 0.231 e. The van der Waals surface area contributed by atoms with Crippen molar-refractivity contribution < 1.29 is 9.59 Å². The van der Waals surface area contributed by atoms with Crippen LogP contribution in [0.25, 0.3) is 10.9 Å². The molecule has 0 spiro atoms. The Labute approximate surface area is 157 Å². The highest BCUT2D eigenvalue weighted by Crippen LogP contribution is 2.19. The maximum absolute atomic E-state index is 12.3. The van der Waals surface area contributed by atoms with E-state index >= 15 is 0 Å². The number of carbonyl (C=O) groups is 2. The molecule has 3 aromatic rings. The number of benzene rings is 2. The van der Waals surface area contributed by atoms with E-state index in [1.807, 2.05) is 66.7 Å². The third-order valence-electron chi connectivity index (χ3n) is 4.03. The molecule has 0 unspecified atom stereocenters. The normalized spacial score (nSPS) is 11.9. The van der Waals surface area contributed by atoms with Gasteiger partial charge in [0.25, 0.3) is 0 Å². The molecule has 1 N–H and O–H groups in total. The summed E-state index contributed by atoms with van der Waals surface area (Å²) < 4.78 is 0. The third-order valence-corrected chi connectivity index (χ3v) is 4.96. The molecule has 132 valence electrons. The minimum Gasteiger partial charge on any atom is -0.345 e. The number of ketones is 1. The molecule has 0 aliphatic rings. The molecular weight excluding hydrogens is 344 g/mol. The third kappa shape index (κ3) is 4.92. The Morgan fingerprint density at radius 2 is 1.73 bits per heavy atom. The number of fused-ring (bicyclic) bond motifs is 1. The molecule has 1 amide bonds. The summed E-state index contributed by atoms with van der Waals surface area (Å²) in [5.41, 5.74) is 1.93. The van der Waals surface area contributed by atoms with E-state index < -0.39 is 6.04 Å². The molecule has 5 heteroatoms. The molecule has 0 aliphatic carbocycles. The van der Waals surface area contributed by atoms with Crippen LogP contribution in [0.1, 0.15) is 12.5 Å². The van der Waals surface area contributed by atoms with Gasteiger partial charge in [-0.1, -0.05) is 66.4 Å². The van der Waals surface area contributed by atoms with Crippen molar-refractivity contribution in [3.63, 3.8) is 0 Å². The second-order valence-electron chi connectivity index (χ2n) is 6.05. The largest absolute Gasteiger partial charge is 0.345 e. The average Bonchev–Trinajstić information content (AvgIpc) is 2.66. The summed E-state index contributed by atoms with van der Waals surface area (Å²) in [6.45, 7) is 1.51. The van der Waals surface area contributed by atoms with E-state index in [9.17, 15) is 9.59 Å². The van der Waals surface area contributed by atoms with Crippen molar-refractivity contribution in [3.8, 4) is 0 Å². The maximum Gasteiger partial charge on any atom is 0.231 e. The first-order chi connectivity index (χ1) is 12.6. The second kappa shape index (κ2) is 8.63. The number of Topliss-reactive ketones (excluding diaryl/α,β-unsaturated/α-hetero) is 1. The number of aromatic nitrogens is 1. The number of amides is 1. The van der Waals surface area contributed by atoms with Gasteiger partial charge in [0, 0.05) is 5.39 Å². The number of nitrogens with one attached hydrogen (secondary N) is 1. The highest BCUT2D eigenvalue weighted by molar-refractivity contribution is 7.99. The van der Waals surface area contributed by atoms with Crippen molar-refractivity contribution in [2.24, 2.45) is 0 Å². The van der Waals surface area contributed by atoms with E-state index in [2.05, 4.69) is 10.3 Å². The molecular formula is C21H20N2O2S. The summed E-state index contributed by atoms with van der Waals surface area (Å²) in [7, 11) is 0. The first-order valence-corrected chi connectivity index (χ1v) is 9.43. The highest BCUT2D eigenvalue weighted by atomic mass is 32.2. The fourth-order valence-corrected chi connectivity index (χ4v) is 3.34. The lowest BCUT2D eigenvalue weighted by atomic mass is 10.0. The van der Waals surface area contributed by atoms with Crippen molar-refractivity contribution in [1.82, 2.24) is 10.3 Å². The van der Waals surface area contributed by atoms with E-state index in [0.29, 0.717) is 6.42 Å². The number of hydrogen-bond donors (Lipinski definition) is 1. The molecule has 0 saturated heterocycles. The Morgan fingerprint density at radius 3 is 2.50 bits per heavy atom. The van der Waals surface area contributed by atoms with Gasteiger partial charge < -0.3 is 5.32 Å². The summed E-state index contributed by atoms with van der Waals surface area (Å²) >= 11 is 1.37. The van der Waals surface area contributed by atoms with Gasteiger partial charge in [0.15, 0.2) is 5.78 Å². The van der Waals surface area contributed by atoms with Crippen LogP contribution in [0.3, 0.4) is 0 Å². The number of pyridine rings is 1. The van der Waals surface area contributed by atoms with Gasteiger partial charge >= 0.3 is 0 Å². The number of nitrogens with zero attached hydrogens (tertiary/aromatic N) is 1. The molecule has 3 rings (SSSR count). The van der Waals surface area contributed by atoms with Crippen molar-refractivity contribution in [2.45, 2.75) is 24.4 Å². The minimum atomic E-state index is -0.505. The second-order valence-corrected chi connectivity index (χ2v) is 7.05. The van der Waals surface area contributed by atoms with Gasteiger partial charge in [0.05, 0.1) is 22.3 Å². The van der Waals surface area contributed by atoms with Gasteiger partial charge in [-0.3, -0.25) is 9.59 Å². The van der Waals surface area contributed by atoms with Gasteiger partial charge in [-0.25, -0.2) is 4.98 Å². The van der Waals surface area contributed by atoms with Gasteiger partial charge in [0.2, 0.25) is 5.91 Å². The van der Waals surface area contributed by atoms with Crippen LogP contribution in [-0.4, -0.2) is 28.5 Å². The molecule has 0 saturated carbocycles. The van der Waals surface area contributed by atoms with Crippen LogP contribution < -0.4 is 5.32 Å². The number of para-hydroxylation sites is 1. The molecule has 1 heterocycles. The van der Waals surface area contributed by atoms with Crippen LogP contribution in [0.4, 0.5) is 0 Å². The number of thioether (sulfide) groups is 1. The van der Waals surface area contributed by atoms with Crippen LogP contribution in [0.2, 0.25) is 0 Å². The lowest BCUT2D eigenvalue weighted by Gasteiger charge is -2.16. The van der Waals surface area contributed by atoms with Gasteiger partial charge in [-0.2, -0.15) is 0 Å².